The fraction of sp³-hybridized carbons (Fsp3) is 0.200. The molecule has 3 heteroatoms. The summed E-state index contributed by atoms with van der Waals surface area (Å²) in [5, 5.41) is 21.4. The van der Waals surface area contributed by atoms with Crippen LogP contribution in [0.3, 0.4) is 0 Å². The third kappa shape index (κ3) is 5.64. The fourth-order valence-corrected chi connectivity index (χ4v) is 3.27. The van der Waals surface area contributed by atoms with Crippen molar-refractivity contribution < 1.29 is 10.2 Å². The van der Waals surface area contributed by atoms with Crippen molar-refractivity contribution in [2.75, 3.05) is 13.1 Å². The van der Waals surface area contributed by atoms with Crippen LogP contribution in [0.5, 0.6) is 0 Å². The van der Waals surface area contributed by atoms with Crippen molar-refractivity contribution in [2.45, 2.75) is 18.8 Å². The molecule has 0 spiro atoms. The van der Waals surface area contributed by atoms with E-state index in [1.165, 1.54) is 0 Å². The van der Waals surface area contributed by atoms with Gasteiger partial charge in [-0.25, -0.2) is 0 Å². The van der Waals surface area contributed by atoms with Gasteiger partial charge >= 0.3 is 0 Å². The van der Waals surface area contributed by atoms with Gasteiger partial charge in [0.15, 0.2) is 0 Å². The minimum absolute atomic E-state index is 0.442. The van der Waals surface area contributed by atoms with Gasteiger partial charge in [0.1, 0.15) is 0 Å². The molecule has 0 heterocycles. The third-order valence-electron chi connectivity index (χ3n) is 4.85. The summed E-state index contributed by atoms with van der Waals surface area (Å²) in [5.74, 6) is 0. The molecule has 3 rings (SSSR count). The highest BCUT2D eigenvalue weighted by atomic mass is 16.3. The van der Waals surface area contributed by atoms with E-state index in [1.54, 1.807) is 0 Å². The number of hydrogen-bond acceptors (Lipinski definition) is 3. The normalized spacial score (nSPS) is 13.2. The topological polar surface area (TPSA) is 43.7 Å². The molecule has 0 aliphatic carbocycles. The maximum atomic E-state index is 10.7. The Kier molecular flexibility index (Phi) is 7.15. The van der Waals surface area contributed by atoms with Gasteiger partial charge in [0, 0.05) is 19.6 Å². The lowest BCUT2D eigenvalue weighted by Crippen LogP contribution is -2.32. The molecule has 2 atom stereocenters. The first-order valence-electron chi connectivity index (χ1n) is 9.55. The van der Waals surface area contributed by atoms with Crippen molar-refractivity contribution in [3.63, 3.8) is 0 Å². The molecule has 0 saturated heterocycles. The molecule has 3 aromatic rings. The van der Waals surface area contributed by atoms with Gasteiger partial charge in [-0.1, -0.05) is 97.6 Å². The van der Waals surface area contributed by atoms with E-state index in [-0.39, 0.29) is 0 Å². The second-order valence-corrected chi connectivity index (χ2v) is 6.99. The molecule has 3 aromatic carbocycles. The molecule has 0 aliphatic heterocycles. The van der Waals surface area contributed by atoms with Crippen LogP contribution >= 0.6 is 0 Å². The molecular weight excluding hydrogens is 346 g/mol. The Bertz CT molecular complexity index is 799. The molecule has 2 N–H and O–H groups in total. The van der Waals surface area contributed by atoms with Gasteiger partial charge in [0.05, 0.1) is 12.2 Å². The summed E-state index contributed by atoms with van der Waals surface area (Å²) in [6.45, 7) is 5.32. The number of nitrogens with zero attached hydrogens (tertiary/aromatic N) is 1. The zero-order chi connectivity index (χ0) is 19.8. The minimum atomic E-state index is -0.614. The van der Waals surface area contributed by atoms with Crippen LogP contribution in [0.2, 0.25) is 0 Å². The SMILES string of the molecule is C=Cc1ccc(CN(C[C@@H](O)c2ccccc2)C[C@@H](O)c2ccccc2)cc1. The first kappa shape index (κ1) is 20.0. The zero-order valence-electron chi connectivity index (χ0n) is 16.0. The molecule has 0 aliphatic rings. The van der Waals surface area contributed by atoms with Crippen molar-refractivity contribution in [3.05, 3.63) is 114 Å². The summed E-state index contributed by atoms with van der Waals surface area (Å²) in [5.41, 5.74) is 3.96. The number of aliphatic hydroxyl groups excluding tert-OH is 2. The van der Waals surface area contributed by atoms with Gasteiger partial charge in [0.2, 0.25) is 0 Å². The van der Waals surface area contributed by atoms with E-state index < -0.39 is 12.2 Å². The van der Waals surface area contributed by atoms with Gasteiger partial charge in [-0.15, -0.1) is 0 Å². The summed E-state index contributed by atoms with van der Waals surface area (Å²) in [7, 11) is 0. The number of aliphatic hydroxyl groups is 2. The summed E-state index contributed by atoms with van der Waals surface area (Å²) in [6, 6.07) is 27.5. The summed E-state index contributed by atoms with van der Waals surface area (Å²) < 4.78 is 0. The van der Waals surface area contributed by atoms with E-state index in [1.807, 2.05) is 78.9 Å². The number of hydrogen-bond donors (Lipinski definition) is 2. The second-order valence-electron chi connectivity index (χ2n) is 6.99. The fourth-order valence-electron chi connectivity index (χ4n) is 3.27. The molecule has 0 unspecified atom stereocenters. The van der Waals surface area contributed by atoms with Crippen LogP contribution in [0.4, 0.5) is 0 Å². The summed E-state index contributed by atoms with van der Waals surface area (Å²) >= 11 is 0. The second kappa shape index (κ2) is 10.00. The first-order valence-corrected chi connectivity index (χ1v) is 9.55. The van der Waals surface area contributed by atoms with Crippen molar-refractivity contribution in [2.24, 2.45) is 0 Å². The zero-order valence-corrected chi connectivity index (χ0v) is 16.0. The number of benzene rings is 3. The third-order valence-corrected chi connectivity index (χ3v) is 4.85. The molecule has 144 valence electrons. The summed E-state index contributed by atoms with van der Waals surface area (Å²) in [4.78, 5) is 2.10. The average Bonchev–Trinajstić information content (AvgIpc) is 2.75. The quantitative estimate of drug-likeness (QED) is 0.576. The standard InChI is InChI=1S/C25H27NO2/c1-2-20-13-15-21(16-14-20)17-26(18-24(27)22-9-5-3-6-10-22)19-25(28)23-11-7-4-8-12-23/h2-16,24-25,27-28H,1,17-19H2/t24-,25-/m1/s1. The molecule has 0 aromatic heterocycles. The lowest BCUT2D eigenvalue weighted by atomic mass is 10.1. The average molecular weight is 373 g/mol. The van der Waals surface area contributed by atoms with Crippen LogP contribution < -0.4 is 0 Å². The highest BCUT2D eigenvalue weighted by molar-refractivity contribution is 5.47. The Labute approximate surface area is 167 Å². The Balaban J connectivity index is 1.74. The lowest BCUT2D eigenvalue weighted by Gasteiger charge is -2.28. The van der Waals surface area contributed by atoms with Crippen molar-refractivity contribution in [1.82, 2.24) is 4.90 Å². The van der Waals surface area contributed by atoms with E-state index >= 15 is 0 Å². The van der Waals surface area contributed by atoms with Crippen LogP contribution in [-0.4, -0.2) is 28.2 Å². The van der Waals surface area contributed by atoms with Gasteiger partial charge in [0.25, 0.3) is 0 Å². The molecule has 0 radical (unpaired) electrons. The maximum absolute atomic E-state index is 10.7. The van der Waals surface area contributed by atoms with Crippen molar-refractivity contribution in [3.8, 4) is 0 Å². The van der Waals surface area contributed by atoms with Gasteiger partial charge in [-0.3, -0.25) is 4.90 Å². The van der Waals surface area contributed by atoms with Gasteiger partial charge in [-0.05, 0) is 22.3 Å². The van der Waals surface area contributed by atoms with E-state index in [4.69, 9.17) is 0 Å². The Morgan fingerprint density at radius 2 is 1.18 bits per heavy atom. The molecule has 0 amide bonds. The summed E-state index contributed by atoms with van der Waals surface area (Å²) in [6.07, 6.45) is 0.591. The van der Waals surface area contributed by atoms with Crippen LogP contribution in [0, 0.1) is 0 Å². The lowest BCUT2D eigenvalue weighted by molar-refractivity contribution is 0.0647. The molecular formula is C25H27NO2. The highest BCUT2D eigenvalue weighted by Crippen LogP contribution is 2.20. The van der Waals surface area contributed by atoms with Gasteiger partial charge < -0.3 is 10.2 Å². The van der Waals surface area contributed by atoms with Crippen LogP contribution in [-0.2, 0) is 6.54 Å². The maximum Gasteiger partial charge on any atom is 0.0917 e. The van der Waals surface area contributed by atoms with E-state index in [2.05, 4.69) is 23.6 Å². The Hall–Kier alpha value is -2.72. The van der Waals surface area contributed by atoms with Gasteiger partial charge in [-0.2, -0.15) is 0 Å². The van der Waals surface area contributed by atoms with E-state index in [0.717, 1.165) is 22.3 Å². The smallest absolute Gasteiger partial charge is 0.0917 e. The van der Waals surface area contributed by atoms with Crippen LogP contribution in [0.1, 0.15) is 34.5 Å². The molecule has 0 saturated carbocycles. The van der Waals surface area contributed by atoms with E-state index in [9.17, 15) is 10.2 Å². The minimum Gasteiger partial charge on any atom is -0.387 e. The predicted octanol–water partition coefficient (Wildman–Crippen LogP) is 4.60. The van der Waals surface area contributed by atoms with E-state index in [0.29, 0.717) is 19.6 Å². The first-order chi connectivity index (χ1) is 13.7. The number of rotatable bonds is 9. The predicted molar refractivity (Wildman–Crippen MR) is 115 cm³/mol. The van der Waals surface area contributed by atoms with Crippen LogP contribution in [0.25, 0.3) is 6.08 Å². The molecule has 0 bridgehead atoms. The molecule has 0 fully saturated rings. The molecule has 3 nitrogen and oxygen atoms in total. The van der Waals surface area contributed by atoms with Crippen molar-refractivity contribution >= 4 is 6.08 Å². The molecule has 28 heavy (non-hydrogen) atoms. The van der Waals surface area contributed by atoms with Crippen LogP contribution in [0.15, 0.2) is 91.5 Å². The van der Waals surface area contributed by atoms with Crippen molar-refractivity contribution in [1.29, 1.82) is 0 Å². The Morgan fingerprint density at radius 3 is 1.61 bits per heavy atom. The Morgan fingerprint density at radius 1 is 0.714 bits per heavy atom. The largest absolute Gasteiger partial charge is 0.387 e. The monoisotopic (exact) mass is 373 g/mol. The highest BCUT2D eigenvalue weighted by Gasteiger charge is 2.18.